The van der Waals surface area contributed by atoms with Gasteiger partial charge in [-0.1, -0.05) is 24.8 Å². The highest BCUT2D eigenvalue weighted by Gasteiger charge is 2.26. The van der Waals surface area contributed by atoms with E-state index in [-0.39, 0.29) is 23.4 Å². The second-order valence-corrected chi connectivity index (χ2v) is 7.39. The summed E-state index contributed by atoms with van der Waals surface area (Å²) in [5.41, 5.74) is 5.55. The molecule has 1 atom stereocenters. The summed E-state index contributed by atoms with van der Waals surface area (Å²) in [6, 6.07) is 16.3. The normalized spacial score (nSPS) is 15.0. The Morgan fingerprint density at radius 3 is 2.39 bits per heavy atom. The molecule has 1 aliphatic heterocycles. The molecule has 3 N–H and O–H groups in total. The van der Waals surface area contributed by atoms with Crippen molar-refractivity contribution < 1.29 is 19.1 Å². The van der Waals surface area contributed by atoms with Gasteiger partial charge in [-0.25, -0.2) is 4.98 Å². The molecule has 0 radical (unpaired) electrons. The zero-order valence-corrected chi connectivity index (χ0v) is 17.8. The van der Waals surface area contributed by atoms with E-state index in [1.54, 1.807) is 24.3 Å². The van der Waals surface area contributed by atoms with Crippen LogP contribution in [0.4, 0.5) is 5.95 Å². The molecule has 1 fully saturated rings. The lowest BCUT2D eigenvalue weighted by Crippen LogP contribution is -2.36. The number of primary amides is 1. The van der Waals surface area contributed by atoms with Crippen molar-refractivity contribution in [2.75, 3.05) is 18.0 Å². The van der Waals surface area contributed by atoms with Gasteiger partial charge in [0.15, 0.2) is 0 Å². The van der Waals surface area contributed by atoms with Crippen LogP contribution in [0.25, 0.3) is 0 Å². The predicted octanol–water partition coefficient (Wildman–Crippen LogP) is 3.04. The van der Waals surface area contributed by atoms with E-state index in [1.807, 2.05) is 35.2 Å². The van der Waals surface area contributed by atoms with E-state index in [0.29, 0.717) is 30.5 Å². The van der Waals surface area contributed by atoms with Gasteiger partial charge in [-0.3, -0.25) is 9.59 Å². The Balaban J connectivity index is 1.49. The molecule has 33 heavy (non-hydrogen) atoms. The molecule has 0 aliphatic carbocycles. The second kappa shape index (κ2) is 9.82. The number of benzene rings is 2. The second-order valence-electron chi connectivity index (χ2n) is 7.39. The number of nitrogens with one attached hydrogen (secondary N) is 1. The van der Waals surface area contributed by atoms with E-state index in [2.05, 4.69) is 21.9 Å². The van der Waals surface area contributed by atoms with Gasteiger partial charge in [0.05, 0.1) is 0 Å². The third kappa shape index (κ3) is 5.45. The zero-order valence-electron chi connectivity index (χ0n) is 17.8. The average Bonchev–Trinajstić information content (AvgIpc) is 3.29. The van der Waals surface area contributed by atoms with E-state index in [0.717, 1.165) is 12.2 Å². The van der Waals surface area contributed by atoms with Gasteiger partial charge < -0.3 is 25.4 Å². The first kappa shape index (κ1) is 21.8. The van der Waals surface area contributed by atoms with Crippen LogP contribution in [-0.4, -0.2) is 40.9 Å². The summed E-state index contributed by atoms with van der Waals surface area (Å²) >= 11 is 0. The third-order valence-electron chi connectivity index (χ3n) is 5.03. The van der Waals surface area contributed by atoms with Crippen LogP contribution in [0.3, 0.4) is 0 Å². The Morgan fingerprint density at radius 1 is 1.06 bits per heavy atom. The highest BCUT2D eigenvalue weighted by molar-refractivity contribution is 5.95. The molecular weight excluding hydrogens is 422 g/mol. The van der Waals surface area contributed by atoms with Gasteiger partial charge in [-0.15, -0.1) is 0 Å². The average molecular weight is 445 g/mol. The number of anilines is 1. The fourth-order valence-corrected chi connectivity index (χ4v) is 3.39. The first-order valence-electron chi connectivity index (χ1n) is 10.4. The lowest BCUT2D eigenvalue weighted by molar-refractivity contribution is -0.117. The molecular formula is C24H23N5O4. The fourth-order valence-electron chi connectivity index (χ4n) is 3.39. The number of rotatable bonds is 8. The predicted molar refractivity (Wildman–Crippen MR) is 123 cm³/mol. The molecule has 0 unspecified atom stereocenters. The van der Waals surface area contributed by atoms with Gasteiger partial charge >= 0.3 is 0 Å². The SMILES string of the molecule is C=CC(=O)N[C@H]1CCN(c2ncc(C(N)=O)c(Oc3ccc(Oc4ccccc4)cc3)n2)C1. The lowest BCUT2D eigenvalue weighted by atomic mass is 10.2. The largest absolute Gasteiger partial charge is 0.457 e. The van der Waals surface area contributed by atoms with Crippen LogP contribution in [0.2, 0.25) is 0 Å². The molecule has 0 spiro atoms. The first-order valence-corrected chi connectivity index (χ1v) is 10.4. The zero-order chi connectivity index (χ0) is 23.2. The van der Waals surface area contributed by atoms with Crippen LogP contribution < -0.4 is 25.4 Å². The van der Waals surface area contributed by atoms with Crippen molar-refractivity contribution in [1.82, 2.24) is 15.3 Å². The van der Waals surface area contributed by atoms with Gasteiger partial charge in [0.2, 0.25) is 17.7 Å². The van der Waals surface area contributed by atoms with Gasteiger partial charge in [-0.2, -0.15) is 4.98 Å². The summed E-state index contributed by atoms with van der Waals surface area (Å²) in [7, 11) is 0. The maximum absolute atomic E-state index is 11.9. The summed E-state index contributed by atoms with van der Waals surface area (Å²) in [4.78, 5) is 34.0. The molecule has 9 heteroatoms. The number of ether oxygens (including phenoxy) is 2. The maximum atomic E-state index is 11.9. The molecule has 2 heterocycles. The van der Waals surface area contributed by atoms with Crippen molar-refractivity contribution >= 4 is 17.8 Å². The van der Waals surface area contributed by atoms with Crippen molar-refractivity contribution in [3.05, 3.63) is 79.0 Å². The minimum atomic E-state index is -0.696. The number of para-hydroxylation sites is 1. The van der Waals surface area contributed by atoms with E-state index >= 15 is 0 Å². The molecule has 1 aromatic heterocycles. The number of amides is 2. The standard InChI is InChI=1S/C24H23N5O4/c1-2-21(30)27-16-12-13-29(15-16)24-26-14-20(22(25)31)23(28-24)33-19-10-8-18(9-11-19)32-17-6-4-3-5-7-17/h2-11,14,16H,1,12-13,15H2,(H2,25,31)(H,27,30)/t16-/m0/s1. The highest BCUT2D eigenvalue weighted by Crippen LogP contribution is 2.29. The number of nitrogens with two attached hydrogens (primary N) is 1. The molecule has 168 valence electrons. The topological polar surface area (TPSA) is 120 Å². The molecule has 0 bridgehead atoms. The van der Waals surface area contributed by atoms with Crippen molar-refractivity contribution in [3.63, 3.8) is 0 Å². The monoisotopic (exact) mass is 445 g/mol. The summed E-state index contributed by atoms with van der Waals surface area (Å²) in [6.07, 6.45) is 3.32. The number of nitrogens with zero attached hydrogens (tertiary/aromatic N) is 3. The smallest absolute Gasteiger partial charge is 0.255 e. The first-order chi connectivity index (χ1) is 16.0. The van der Waals surface area contributed by atoms with E-state index < -0.39 is 5.91 Å². The quantitative estimate of drug-likeness (QED) is 0.512. The van der Waals surface area contributed by atoms with Crippen LogP contribution in [0, 0.1) is 0 Å². The Bertz CT molecular complexity index is 1150. The number of carbonyl (C=O) groups is 2. The van der Waals surface area contributed by atoms with Crippen molar-refractivity contribution in [3.8, 4) is 23.1 Å². The molecule has 3 aromatic rings. The Hall–Kier alpha value is -4.40. The molecule has 0 saturated carbocycles. The van der Waals surface area contributed by atoms with Crippen LogP contribution in [-0.2, 0) is 4.79 Å². The van der Waals surface area contributed by atoms with Crippen LogP contribution in [0.1, 0.15) is 16.8 Å². The molecule has 2 amide bonds. The van der Waals surface area contributed by atoms with E-state index in [1.165, 1.54) is 12.3 Å². The summed E-state index contributed by atoms with van der Waals surface area (Å²) < 4.78 is 11.6. The minimum absolute atomic E-state index is 0.0450. The van der Waals surface area contributed by atoms with Gasteiger partial charge in [0.1, 0.15) is 22.8 Å². The number of hydrogen-bond acceptors (Lipinski definition) is 7. The minimum Gasteiger partial charge on any atom is -0.457 e. The number of hydrogen-bond donors (Lipinski definition) is 2. The molecule has 1 aliphatic rings. The van der Waals surface area contributed by atoms with E-state index in [4.69, 9.17) is 15.2 Å². The van der Waals surface area contributed by atoms with Crippen molar-refractivity contribution in [2.24, 2.45) is 5.73 Å². The van der Waals surface area contributed by atoms with E-state index in [9.17, 15) is 9.59 Å². The maximum Gasteiger partial charge on any atom is 0.255 e. The third-order valence-corrected chi connectivity index (χ3v) is 5.03. The lowest BCUT2D eigenvalue weighted by Gasteiger charge is -2.18. The number of carbonyl (C=O) groups excluding carboxylic acids is 2. The van der Waals surface area contributed by atoms with Crippen molar-refractivity contribution in [2.45, 2.75) is 12.5 Å². The molecule has 4 rings (SSSR count). The van der Waals surface area contributed by atoms with Gasteiger partial charge in [0.25, 0.3) is 5.91 Å². The number of aromatic nitrogens is 2. The van der Waals surface area contributed by atoms with Gasteiger partial charge in [-0.05, 0) is 48.9 Å². The van der Waals surface area contributed by atoms with Crippen LogP contribution >= 0.6 is 0 Å². The summed E-state index contributed by atoms with van der Waals surface area (Å²) in [5, 5.41) is 2.86. The Labute approximate surface area is 190 Å². The highest BCUT2D eigenvalue weighted by atomic mass is 16.5. The molecule has 2 aromatic carbocycles. The summed E-state index contributed by atoms with van der Waals surface area (Å²) in [6.45, 7) is 4.64. The van der Waals surface area contributed by atoms with Crippen LogP contribution in [0.5, 0.6) is 23.1 Å². The molecule has 1 saturated heterocycles. The Kier molecular flexibility index (Phi) is 6.49. The van der Waals surface area contributed by atoms with Gasteiger partial charge in [0, 0.05) is 25.3 Å². The fraction of sp³-hybridized carbons (Fsp3) is 0.167. The Morgan fingerprint density at radius 2 is 1.73 bits per heavy atom. The molecule has 9 nitrogen and oxygen atoms in total. The van der Waals surface area contributed by atoms with Crippen LogP contribution in [0.15, 0.2) is 73.4 Å². The summed E-state index contributed by atoms with van der Waals surface area (Å²) in [5.74, 6) is 1.33. The van der Waals surface area contributed by atoms with Crippen molar-refractivity contribution in [1.29, 1.82) is 0 Å².